The molecule has 0 aliphatic carbocycles. The summed E-state index contributed by atoms with van der Waals surface area (Å²) in [5.74, 6) is -0.951. The summed E-state index contributed by atoms with van der Waals surface area (Å²) >= 11 is 2.25. The largest absolute Gasteiger partial charge is 0.480 e. The van der Waals surface area contributed by atoms with Crippen molar-refractivity contribution in [2.45, 2.75) is 38.1 Å². The SMILES string of the molecule is NC(CCCCNC(=O)CCc1ccc(I)cc1)C(=O)O. The topological polar surface area (TPSA) is 92.4 Å². The highest BCUT2D eigenvalue weighted by atomic mass is 127. The predicted molar refractivity (Wildman–Crippen MR) is 90.0 cm³/mol. The zero-order valence-electron chi connectivity index (χ0n) is 11.8. The van der Waals surface area contributed by atoms with E-state index in [0.717, 1.165) is 18.4 Å². The summed E-state index contributed by atoms with van der Waals surface area (Å²) in [7, 11) is 0. The number of nitrogens with one attached hydrogen (secondary N) is 1. The summed E-state index contributed by atoms with van der Waals surface area (Å²) in [6.07, 6.45) is 3.08. The van der Waals surface area contributed by atoms with Crippen LogP contribution in [-0.2, 0) is 16.0 Å². The Morgan fingerprint density at radius 2 is 1.90 bits per heavy atom. The predicted octanol–water partition coefficient (Wildman–Crippen LogP) is 1.92. The molecular formula is C15H21IN2O3. The van der Waals surface area contributed by atoms with Crippen LogP contribution in [0, 0.1) is 3.57 Å². The van der Waals surface area contributed by atoms with Crippen LogP contribution in [0.25, 0.3) is 0 Å². The molecule has 1 amide bonds. The first kappa shape index (κ1) is 17.9. The molecule has 0 fully saturated rings. The number of nitrogens with two attached hydrogens (primary N) is 1. The lowest BCUT2D eigenvalue weighted by molar-refractivity contribution is -0.138. The number of aliphatic carboxylic acids is 1. The van der Waals surface area contributed by atoms with Crippen LogP contribution in [0.1, 0.15) is 31.2 Å². The van der Waals surface area contributed by atoms with Gasteiger partial charge in [0.15, 0.2) is 0 Å². The van der Waals surface area contributed by atoms with E-state index in [1.165, 1.54) is 3.57 Å². The van der Waals surface area contributed by atoms with Crippen molar-refractivity contribution >= 4 is 34.5 Å². The molecule has 1 rings (SSSR count). The molecule has 0 aliphatic rings. The Morgan fingerprint density at radius 1 is 1.24 bits per heavy atom. The molecule has 0 aromatic heterocycles. The Labute approximate surface area is 138 Å². The molecule has 1 atom stereocenters. The lowest BCUT2D eigenvalue weighted by Crippen LogP contribution is -2.30. The van der Waals surface area contributed by atoms with E-state index >= 15 is 0 Å². The minimum atomic E-state index is -0.975. The van der Waals surface area contributed by atoms with Crippen molar-refractivity contribution in [1.82, 2.24) is 5.32 Å². The molecule has 0 aliphatic heterocycles. The molecule has 4 N–H and O–H groups in total. The summed E-state index contributed by atoms with van der Waals surface area (Å²) in [5, 5.41) is 11.5. The van der Waals surface area contributed by atoms with Gasteiger partial charge < -0.3 is 16.2 Å². The number of hydrogen-bond donors (Lipinski definition) is 3. The Hall–Kier alpha value is -1.15. The highest BCUT2D eigenvalue weighted by Gasteiger charge is 2.10. The number of carbonyl (C=O) groups excluding carboxylic acids is 1. The van der Waals surface area contributed by atoms with Crippen LogP contribution in [0.2, 0.25) is 0 Å². The van der Waals surface area contributed by atoms with E-state index in [-0.39, 0.29) is 5.91 Å². The number of carboxylic acids is 1. The average Bonchev–Trinajstić information content (AvgIpc) is 2.46. The highest BCUT2D eigenvalue weighted by molar-refractivity contribution is 14.1. The average molecular weight is 404 g/mol. The Bertz CT molecular complexity index is 462. The summed E-state index contributed by atoms with van der Waals surface area (Å²) in [6.45, 7) is 0.567. The van der Waals surface area contributed by atoms with Gasteiger partial charge in [-0.05, 0) is 66.0 Å². The van der Waals surface area contributed by atoms with Crippen LogP contribution in [0.3, 0.4) is 0 Å². The second kappa shape index (κ2) is 9.73. The van der Waals surface area contributed by atoms with Gasteiger partial charge in [0.1, 0.15) is 6.04 Å². The van der Waals surface area contributed by atoms with Crippen molar-refractivity contribution in [2.75, 3.05) is 6.54 Å². The molecular weight excluding hydrogens is 383 g/mol. The maximum atomic E-state index is 11.7. The number of unbranched alkanes of at least 4 members (excludes halogenated alkanes) is 1. The molecule has 0 spiro atoms. The fourth-order valence-corrected chi connectivity index (χ4v) is 2.20. The van der Waals surface area contributed by atoms with Gasteiger partial charge in [-0.1, -0.05) is 12.1 Å². The lowest BCUT2D eigenvalue weighted by Gasteiger charge is -2.07. The van der Waals surface area contributed by atoms with E-state index in [4.69, 9.17) is 10.8 Å². The van der Waals surface area contributed by atoms with Crippen molar-refractivity contribution in [1.29, 1.82) is 0 Å². The fourth-order valence-electron chi connectivity index (χ4n) is 1.84. The molecule has 21 heavy (non-hydrogen) atoms. The molecule has 1 aromatic carbocycles. The van der Waals surface area contributed by atoms with Crippen LogP contribution in [0.4, 0.5) is 0 Å². The van der Waals surface area contributed by atoms with E-state index in [2.05, 4.69) is 27.9 Å². The van der Waals surface area contributed by atoms with Gasteiger partial charge in [0, 0.05) is 16.5 Å². The van der Waals surface area contributed by atoms with Crippen molar-refractivity contribution < 1.29 is 14.7 Å². The number of rotatable bonds is 9. The third-order valence-electron chi connectivity index (χ3n) is 3.14. The minimum absolute atomic E-state index is 0.0242. The maximum absolute atomic E-state index is 11.7. The van der Waals surface area contributed by atoms with Crippen LogP contribution in [-0.4, -0.2) is 29.6 Å². The van der Waals surface area contributed by atoms with E-state index < -0.39 is 12.0 Å². The monoisotopic (exact) mass is 404 g/mol. The van der Waals surface area contributed by atoms with Gasteiger partial charge in [-0.25, -0.2) is 0 Å². The standard InChI is InChI=1S/C15H21IN2O3/c16-12-7-4-11(5-8-12)6-9-14(19)18-10-2-1-3-13(17)15(20)21/h4-5,7-8,13H,1-3,6,9-10,17H2,(H,18,19)(H,20,21). The number of hydrogen-bond acceptors (Lipinski definition) is 3. The summed E-state index contributed by atoms with van der Waals surface area (Å²) < 4.78 is 1.18. The van der Waals surface area contributed by atoms with Crippen molar-refractivity contribution in [3.63, 3.8) is 0 Å². The van der Waals surface area contributed by atoms with Crippen LogP contribution in [0.5, 0.6) is 0 Å². The third-order valence-corrected chi connectivity index (χ3v) is 3.85. The molecule has 0 saturated carbocycles. The molecule has 116 valence electrons. The molecule has 0 heterocycles. The molecule has 0 bridgehead atoms. The Morgan fingerprint density at radius 3 is 2.52 bits per heavy atom. The fraction of sp³-hybridized carbons (Fsp3) is 0.467. The normalized spacial score (nSPS) is 11.9. The first-order valence-corrected chi connectivity index (χ1v) is 8.06. The van der Waals surface area contributed by atoms with E-state index in [0.29, 0.717) is 25.8 Å². The summed E-state index contributed by atoms with van der Waals surface area (Å²) in [4.78, 5) is 22.2. The van der Waals surface area contributed by atoms with E-state index in [1.807, 2.05) is 24.3 Å². The molecule has 1 unspecified atom stereocenters. The van der Waals surface area contributed by atoms with Crippen LogP contribution >= 0.6 is 22.6 Å². The zero-order chi connectivity index (χ0) is 15.7. The van der Waals surface area contributed by atoms with Crippen LogP contribution in [0.15, 0.2) is 24.3 Å². The quantitative estimate of drug-likeness (QED) is 0.433. The van der Waals surface area contributed by atoms with Crippen molar-refractivity contribution in [2.24, 2.45) is 5.73 Å². The summed E-state index contributed by atoms with van der Waals surface area (Å²) in [6, 6.07) is 7.31. The van der Waals surface area contributed by atoms with Gasteiger partial charge in [0.05, 0.1) is 0 Å². The van der Waals surface area contributed by atoms with Gasteiger partial charge in [-0.2, -0.15) is 0 Å². The molecule has 0 radical (unpaired) electrons. The zero-order valence-corrected chi connectivity index (χ0v) is 14.0. The van der Waals surface area contributed by atoms with E-state index in [9.17, 15) is 9.59 Å². The molecule has 6 heteroatoms. The molecule has 0 saturated heterocycles. The number of carboxylic acid groups (broad SMARTS) is 1. The van der Waals surface area contributed by atoms with Gasteiger partial charge in [0.2, 0.25) is 5.91 Å². The van der Waals surface area contributed by atoms with Gasteiger partial charge >= 0.3 is 5.97 Å². The van der Waals surface area contributed by atoms with Gasteiger partial charge in [-0.3, -0.25) is 9.59 Å². The summed E-state index contributed by atoms with van der Waals surface area (Å²) in [5.41, 5.74) is 6.54. The lowest BCUT2D eigenvalue weighted by atomic mass is 10.1. The second-order valence-corrected chi connectivity index (χ2v) is 6.16. The van der Waals surface area contributed by atoms with Crippen molar-refractivity contribution in [3.05, 3.63) is 33.4 Å². The maximum Gasteiger partial charge on any atom is 0.320 e. The number of halogens is 1. The second-order valence-electron chi connectivity index (χ2n) is 4.92. The number of amides is 1. The third kappa shape index (κ3) is 8.01. The van der Waals surface area contributed by atoms with Crippen LogP contribution < -0.4 is 11.1 Å². The van der Waals surface area contributed by atoms with Crippen molar-refractivity contribution in [3.8, 4) is 0 Å². The Balaban J connectivity index is 2.09. The number of benzene rings is 1. The van der Waals surface area contributed by atoms with Gasteiger partial charge in [-0.15, -0.1) is 0 Å². The molecule has 5 nitrogen and oxygen atoms in total. The Kier molecular flexibility index (Phi) is 8.29. The molecule has 1 aromatic rings. The number of aryl methyl sites for hydroxylation is 1. The highest BCUT2D eigenvalue weighted by Crippen LogP contribution is 2.08. The van der Waals surface area contributed by atoms with Gasteiger partial charge in [0.25, 0.3) is 0 Å². The first-order valence-electron chi connectivity index (χ1n) is 6.98. The minimum Gasteiger partial charge on any atom is -0.480 e. The van der Waals surface area contributed by atoms with E-state index in [1.54, 1.807) is 0 Å². The number of carbonyl (C=O) groups is 2. The first-order chi connectivity index (χ1) is 9.99. The smallest absolute Gasteiger partial charge is 0.320 e.